The average Bonchev–Trinajstić information content (AvgIpc) is 3.06. The van der Waals surface area contributed by atoms with Crippen LogP contribution in [-0.2, 0) is 17.9 Å². The number of nitrogens with zero attached hydrogens (tertiary/aromatic N) is 1. The second-order valence-corrected chi connectivity index (χ2v) is 9.14. The molecule has 0 atom stereocenters. The molecule has 1 heterocycles. The van der Waals surface area contributed by atoms with Crippen molar-refractivity contribution in [3.8, 4) is 11.5 Å². The quantitative estimate of drug-likeness (QED) is 0.290. The molecule has 34 heavy (non-hydrogen) atoms. The highest BCUT2D eigenvalue weighted by Crippen LogP contribution is 2.37. The predicted molar refractivity (Wildman–Crippen MR) is 135 cm³/mol. The molecule has 0 unspecified atom stereocenters. The molecule has 4 rings (SSSR count). The number of ether oxygens (including phenoxy) is 2. The van der Waals surface area contributed by atoms with Crippen molar-refractivity contribution in [2.24, 2.45) is 0 Å². The minimum Gasteiger partial charge on any atom is -0.493 e. The SMILES string of the molecule is COc1cc(/C=C2/NC(=O)N(Cc3cccc(C)c3)C2=O)cc(Cl)c1OCc1ccc(Br)cc1. The molecule has 6 nitrogen and oxygen atoms in total. The molecule has 1 N–H and O–H groups in total. The number of aryl methyl sites for hydroxylation is 1. The lowest BCUT2D eigenvalue weighted by Gasteiger charge is -2.14. The Balaban J connectivity index is 1.53. The van der Waals surface area contributed by atoms with E-state index in [9.17, 15) is 9.59 Å². The van der Waals surface area contributed by atoms with Crippen molar-refractivity contribution in [3.63, 3.8) is 0 Å². The number of hydrogen-bond donors (Lipinski definition) is 1. The number of rotatable bonds is 7. The summed E-state index contributed by atoms with van der Waals surface area (Å²) in [4.78, 5) is 26.5. The Bertz CT molecular complexity index is 1270. The number of imide groups is 1. The van der Waals surface area contributed by atoms with Crippen LogP contribution in [0.3, 0.4) is 0 Å². The summed E-state index contributed by atoms with van der Waals surface area (Å²) in [6, 6.07) is 18.3. The van der Waals surface area contributed by atoms with Gasteiger partial charge in [0.05, 0.1) is 18.7 Å². The van der Waals surface area contributed by atoms with E-state index < -0.39 is 11.9 Å². The van der Waals surface area contributed by atoms with E-state index in [-0.39, 0.29) is 12.2 Å². The number of nitrogens with one attached hydrogen (secondary N) is 1. The molecule has 0 saturated carbocycles. The van der Waals surface area contributed by atoms with E-state index in [1.54, 1.807) is 18.2 Å². The van der Waals surface area contributed by atoms with E-state index >= 15 is 0 Å². The van der Waals surface area contributed by atoms with Crippen LogP contribution in [0.1, 0.15) is 22.3 Å². The van der Waals surface area contributed by atoms with E-state index in [0.29, 0.717) is 28.7 Å². The summed E-state index contributed by atoms with van der Waals surface area (Å²) in [6.45, 7) is 2.47. The number of urea groups is 1. The highest BCUT2D eigenvalue weighted by Gasteiger charge is 2.33. The number of benzene rings is 3. The number of carbonyl (C=O) groups is 2. The van der Waals surface area contributed by atoms with Gasteiger partial charge in [-0.2, -0.15) is 0 Å². The Morgan fingerprint density at radius 2 is 1.82 bits per heavy atom. The van der Waals surface area contributed by atoms with Gasteiger partial charge < -0.3 is 14.8 Å². The molecule has 0 spiro atoms. The fraction of sp³-hybridized carbons (Fsp3) is 0.154. The van der Waals surface area contributed by atoms with Gasteiger partial charge in [-0.25, -0.2) is 4.79 Å². The van der Waals surface area contributed by atoms with Gasteiger partial charge in [0, 0.05) is 4.47 Å². The Labute approximate surface area is 211 Å². The second-order valence-electron chi connectivity index (χ2n) is 7.82. The Morgan fingerprint density at radius 1 is 1.06 bits per heavy atom. The zero-order valence-corrected chi connectivity index (χ0v) is 20.9. The van der Waals surface area contributed by atoms with E-state index in [0.717, 1.165) is 21.2 Å². The van der Waals surface area contributed by atoms with E-state index in [2.05, 4.69) is 21.2 Å². The molecular weight excluding hydrogens is 520 g/mol. The molecule has 8 heteroatoms. The molecule has 0 bridgehead atoms. The van der Waals surface area contributed by atoms with Gasteiger partial charge in [0.15, 0.2) is 11.5 Å². The van der Waals surface area contributed by atoms with Crippen LogP contribution in [0.15, 0.2) is 70.8 Å². The normalized spacial score (nSPS) is 14.5. The third-order valence-corrected chi connectivity index (χ3v) is 6.05. The van der Waals surface area contributed by atoms with Crippen LogP contribution in [-0.4, -0.2) is 23.9 Å². The fourth-order valence-corrected chi connectivity index (χ4v) is 4.11. The maximum absolute atomic E-state index is 12.9. The molecule has 3 aromatic rings. The van der Waals surface area contributed by atoms with Crippen molar-refractivity contribution in [2.45, 2.75) is 20.1 Å². The van der Waals surface area contributed by atoms with Crippen LogP contribution in [0.25, 0.3) is 6.08 Å². The van der Waals surface area contributed by atoms with Crippen LogP contribution in [0.2, 0.25) is 5.02 Å². The van der Waals surface area contributed by atoms with Gasteiger partial charge in [-0.3, -0.25) is 9.69 Å². The van der Waals surface area contributed by atoms with Crippen molar-refractivity contribution in [2.75, 3.05) is 7.11 Å². The van der Waals surface area contributed by atoms with E-state index in [1.807, 2.05) is 55.5 Å². The Morgan fingerprint density at radius 3 is 2.53 bits per heavy atom. The summed E-state index contributed by atoms with van der Waals surface area (Å²) in [5.41, 5.74) is 3.67. The Kier molecular flexibility index (Phi) is 7.24. The summed E-state index contributed by atoms with van der Waals surface area (Å²) in [5, 5.41) is 2.97. The topological polar surface area (TPSA) is 67.9 Å². The standard InChI is InChI=1S/C26H22BrClN2O4/c1-16-4-3-5-18(10-16)14-30-25(31)22(29-26(30)32)12-19-11-21(28)24(23(13-19)33-2)34-15-17-6-8-20(27)9-7-17/h3-13H,14-15H2,1-2H3,(H,29,32)/b22-12+. The molecule has 1 aliphatic heterocycles. The molecule has 1 saturated heterocycles. The van der Waals surface area contributed by atoms with Gasteiger partial charge >= 0.3 is 6.03 Å². The van der Waals surface area contributed by atoms with Crippen molar-refractivity contribution >= 4 is 45.5 Å². The van der Waals surface area contributed by atoms with E-state index in [4.69, 9.17) is 21.1 Å². The number of methoxy groups -OCH3 is 1. The maximum Gasteiger partial charge on any atom is 0.329 e. The maximum atomic E-state index is 12.9. The van der Waals surface area contributed by atoms with Crippen molar-refractivity contribution in [1.82, 2.24) is 10.2 Å². The number of carbonyl (C=O) groups excluding carboxylic acids is 2. The highest BCUT2D eigenvalue weighted by molar-refractivity contribution is 9.10. The number of amides is 3. The van der Waals surface area contributed by atoms with Crippen LogP contribution in [0.4, 0.5) is 4.79 Å². The minimum absolute atomic E-state index is 0.166. The van der Waals surface area contributed by atoms with Crippen LogP contribution in [0, 0.1) is 6.92 Å². The lowest BCUT2D eigenvalue weighted by Crippen LogP contribution is -2.30. The lowest BCUT2D eigenvalue weighted by molar-refractivity contribution is -0.123. The largest absolute Gasteiger partial charge is 0.493 e. The van der Waals surface area contributed by atoms with Gasteiger partial charge in [0.2, 0.25) is 0 Å². The summed E-state index contributed by atoms with van der Waals surface area (Å²) in [5.74, 6) is 0.416. The lowest BCUT2D eigenvalue weighted by atomic mass is 10.1. The van der Waals surface area contributed by atoms with Crippen molar-refractivity contribution in [1.29, 1.82) is 0 Å². The summed E-state index contributed by atoms with van der Waals surface area (Å²) >= 11 is 9.89. The van der Waals surface area contributed by atoms with Crippen LogP contribution >= 0.6 is 27.5 Å². The van der Waals surface area contributed by atoms with E-state index in [1.165, 1.54) is 12.0 Å². The first-order valence-corrected chi connectivity index (χ1v) is 11.7. The zero-order chi connectivity index (χ0) is 24.2. The second kappa shape index (κ2) is 10.3. The number of halogens is 2. The van der Waals surface area contributed by atoms with Crippen LogP contribution < -0.4 is 14.8 Å². The van der Waals surface area contributed by atoms with Crippen molar-refractivity contribution in [3.05, 3.63) is 98.1 Å². The third-order valence-electron chi connectivity index (χ3n) is 5.24. The smallest absolute Gasteiger partial charge is 0.329 e. The summed E-state index contributed by atoms with van der Waals surface area (Å²) in [6.07, 6.45) is 1.57. The first kappa shape index (κ1) is 23.9. The first-order valence-electron chi connectivity index (χ1n) is 10.5. The van der Waals surface area contributed by atoms with Gasteiger partial charge in [0.1, 0.15) is 12.3 Å². The minimum atomic E-state index is -0.467. The van der Waals surface area contributed by atoms with Crippen LogP contribution in [0.5, 0.6) is 11.5 Å². The molecule has 1 fully saturated rings. The summed E-state index contributed by atoms with van der Waals surface area (Å²) < 4.78 is 12.4. The molecule has 1 aliphatic rings. The monoisotopic (exact) mass is 540 g/mol. The predicted octanol–water partition coefficient (Wildman–Crippen LogP) is 6.09. The molecule has 174 valence electrons. The van der Waals surface area contributed by atoms with Crippen molar-refractivity contribution < 1.29 is 19.1 Å². The Hall–Kier alpha value is -3.29. The van der Waals surface area contributed by atoms with Gasteiger partial charge in [0.25, 0.3) is 5.91 Å². The molecule has 3 aromatic carbocycles. The molecule has 3 amide bonds. The zero-order valence-electron chi connectivity index (χ0n) is 18.6. The number of hydrogen-bond acceptors (Lipinski definition) is 4. The average molecular weight is 542 g/mol. The first-order chi connectivity index (χ1) is 16.3. The fourth-order valence-electron chi connectivity index (χ4n) is 3.57. The highest BCUT2D eigenvalue weighted by atomic mass is 79.9. The van der Waals surface area contributed by atoms with Gasteiger partial charge in [-0.05, 0) is 54.0 Å². The molecule has 0 aromatic heterocycles. The third kappa shape index (κ3) is 5.43. The van der Waals surface area contributed by atoms with Gasteiger partial charge in [-0.1, -0.05) is 69.5 Å². The summed E-state index contributed by atoms with van der Waals surface area (Å²) in [7, 11) is 1.52. The molecule has 0 aliphatic carbocycles. The van der Waals surface area contributed by atoms with Gasteiger partial charge in [-0.15, -0.1) is 0 Å². The molecule has 0 radical (unpaired) electrons. The molecular formula is C26H22BrClN2O4.